The van der Waals surface area contributed by atoms with Crippen molar-refractivity contribution >= 4 is 35.2 Å². The average molecular weight is 394 g/mol. The number of anilines is 1. The van der Waals surface area contributed by atoms with Gasteiger partial charge in [0.1, 0.15) is 5.75 Å². The van der Waals surface area contributed by atoms with Crippen molar-refractivity contribution in [1.29, 1.82) is 0 Å². The highest BCUT2D eigenvalue weighted by atomic mass is 35.5. The van der Waals surface area contributed by atoms with Crippen LogP contribution in [0, 0.1) is 0 Å². The summed E-state index contributed by atoms with van der Waals surface area (Å²) >= 11 is 6.05. The van der Waals surface area contributed by atoms with Crippen LogP contribution in [0.5, 0.6) is 11.6 Å². The largest absolute Gasteiger partial charge is 0.439 e. The van der Waals surface area contributed by atoms with Crippen molar-refractivity contribution in [3.63, 3.8) is 0 Å². The van der Waals surface area contributed by atoms with Crippen molar-refractivity contribution in [2.45, 2.75) is 0 Å². The molecule has 1 heterocycles. The maximum Gasteiger partial charge on any atom is 0.248 e. The molecule has 0 unspecified atom stereocenters. The quantitative estimate of drug-likeness (QED) is 0.611. The Hall–Kier alpha value is -3.64. The molecule has 0 aliphatic carbocycles. The Kier molecular flexibility index (Phi) is 6.04. The molecule has 28 heavy (non-hydrogen) atoms. The van der Waals surface area contributed by atoms with Gasteiger partial charge in [0.05, 0.1) is 11.9 Å². The van der Waals surface area contributed by atoms with Gasteiger partial charge in [0.15, 0.2) is 0 Å². The van der Waals surface area contributed by atoms with Gasteiger partial charge in [-0.2, -0.15) is 0 Å². The van der Waals surface area contributed by atoms with Gasteiger partial charge in [-0.05, 0) is 42.0 Å². The van der Waals surface area contributed by atoms with E-state index in [1.165, 1.54) is 18.3 Å². The summed E-state index contributed by atoms with van der Waals surface area (Å²) in [6.45, 7) is 0. The average Bonchev–Trinajstić information content (AvgIpc) is 2.69. The van der Waals surface area contributed by atoms with Gasteiger partial charge in [-0.15, -0.1) is 0 Å². The number of nitrogens with zero attached hydrogens (tertiary/aromatic N) is 1. The van der Waals surface area contributed by atoms with E-state index >= 15 is 0 Å². The minimum Gasteiger partial charge on any atom is -0.439 e. The second kappa shape index (κ2) is 8.83. The second-order valence-corrected chi connectivity index (χ2v) is 6.13. The van der Waals surface area contributed by atoms with E-state index in [-0.39, 0.29) is 5.91 Å². The van der Waals surface area contributed by atoms with Crippen LogP contribution in [0.25, 0.3) is 6.08 Å². The molecule has 1 aromatic heterocycles. The van der Waals surface area contributed by atoms with Crippen LogP contribution in [0.3, 0.4) is 0 Å². The summed E-state index contributed by atoms with van der Waals surface area (Å²) in [5.41, 5.74) is 6.84. The lowest BCUT2D eigenvalue weighted by atomic mass is 10.2. The molecule has 0 saturated carbocycles. The standard InChI is InChI=1S/C21H16ClN3O3/c22-18-7-2-1-4-14(18)8-10-19(26)25-16-9-11-20(24-13-16)28-17-6-3-5-15(12-17)21(23)27/h1-13H,(H2,23,27)(H,25,26)/b10-8+. The van der Waals surface area contributed by atoms with E-state index in [9.17, 15) is 9.59 Å². The van der Waals surface area contributed by atoms with Crippen LogP contribution >= 0.6 is 11.6 Å². The van der Waals surface area contributed by atoms with Crippen molar-refractivity contribution in [3.8, 4) is 11.6 Å². The molecule has 0 aliphatic heterocycles. The molecule has 3 rings (SSSR count). The van der Waals surface area contributed by atoms with E-state index in [0.29, 0.717) is 27.9 Å². The Bertz CT molecular complexity index is 1030. The molecule has 0 fully saturated rings. The van der Waals surface area contributed by atoms with Gasteiger partial charge in [0.2, 0.25) is 17.7 Å². The SMILES string of the molecule is NC(=O)c1cccc(Oc2ccc(NC(=O)/C=C/c3ccccc3Cl)cn2)c1. The molecule has 3 aromatic rings. The zero-order valence-electron chi connectivity index (χ0n) is 14.6. The third-order valence-electron chi connectivity index (χ3n) is 3.66. The molecule has 0 atom stereocenters. The molecule has 0 aliphatic rings. The van der Waals surface area contributed by atoms with Crippen molar-refractivity contribution in [1.82, 2.24) is 4.98 Å². The summed E-state index contributed by atoms with van der Waals surface area (Å²) in [5.74, 6) is -0.111. The molecular formula is C21H16ClN3O3. The van der Waals surface area contributed by atoms with Crippen LogP contribution < -0.4 is 15.8 Å². The Labute approximate surface area is 166 Å². The smallest absolute Gasteiger partial charge is 0.248 e. The molecule has 6 nitrogen and oxygen atoms in total. The lowest BCUT2D eigenvalue weighted by Crippen LogP contribution is -2.10. The van der Waals surface area contributed by atoms with Gasteiger partial charge < -0.3 is 15.8 Å². The van der Waals surface area contributed by atoms with Crippen LogP contribution in [-0.2, 0) is 4.79 Å². The van der Waals surface area contributed by atoms with Gasteiger partial charge in [0.25, 0.3) is 0 Å². The molecule has 2 aromatic carbocycles. The van der Waals surface area contributed by atoms with Crippen LogP contribution in [0.15, 0.2) is 72.9 Å². The second-order valence-electron chi connectivity index (χ2n) is 5.72. The molecule has 0 spiro atoms. The van der Waals surface area contributed by atoms with Gasteiger partial charge in [0, 0.05) is 22.7 Å². The van der Waals surface area contributed by atoms with Crippen LogP contribution in [0.2, 0.25) is 5.02 Å². The number of rotatable bonds is 6. The fourth-order valence-corrected chi connectivity index (χ4v) is 2.51. The number of amides is 2. The normalized spacial score (nSPS) is 10.6. The third-order valence-corrected chi connectivity index (χ3v) is 4.01. The summed E-state index contributed by atoms with van der Waals surface area (Å²) < 4.78 is 5.59. The van der Waals surface area contributed by atoms with Gasteiger partial charge in [-0.1, -0.05) is 35.9 Å². The van der Waals surface area contributed by atoms with Crippen LogP contribution in [0.4, 0.5) is 5.69 Å². The highest BCUT2D eigenvalue weighted by Gasteiger charge is 2.05. The van der Waals surface area contributed by atoms with E-state index < -0.39 is 5.91 Å². The molecule has 2 amide bonds. The number of nitrogens with one attached hydrogen (secondary N) is 1. The number of halogens is 1. The first-order valence-corrected chi connectivity index (χ1v) is 8.66. The summed E-state index contributed by atoms with van der Waals surface area (Å²) in [6.07, 6.45) is 4.49. The third kappa shape index (κ3) is 5.18. The summed E-state index contributed by atoms with van der Waals surface area (Å²) in [4.78, 5) is 27.4. The minimum atomic E-state index is -0.540. The maximum absolute atomic E-state index is 12.0. The van der Waals surface area contributed by atoms with Crippen LogP contribution in [-0.4, -0.2) is 16.8 Å². The number of carbonyl (C=O) groups excluding carboxylic acids is 2. The first kappa shape index (κ1) is 19.1. The zero-order chi connectivity index (χ0) is 19.9. The molecule has 7 heteroatoms. The number of pyridine rings is 1. The van der Waals surface area contributed by atoms with Gasteiger partial charge in [-0.3, -0.25) is 9.59 Å². The Morgan fingerprint density at radius 2 is 1.89 bits per heavy atom. The number of hydrogen-bond donors (Lipinski definition) is 2. The predicted octanol–water partition coefficient (Wildman–Crippen LogP) is 4.28. The molecule has 0 radical (unpaired) electrons. The molecular weight excluding hydrogens is 378 g/mol. The van der Waals surface area contributed by atoms with Gasteiger partial charge >= 0.3 is 0 Å². The van der Waals surface area contributed by atoms with E-state index in [0.717, 1.165) is 5.56 Å². The highest BCUT2D eigenvalue weighted by Crippen LogP contribution is 2.21. The zero-order valence-corrected chi connectivity index (χ0v) is 15.4. The van der Waals surface area contributed by atoms with Crippen LogP contribution in [0.1, 0.15) is 15.9 Å². The monoisotopic (exact) mass is 393 g/mol. The number of ether oxygens (including phenoxy) is 1. The number of benzene rings is 2. The number of primary amides is 1. The first-order valence-electron chi connectivity index (χ1n) is 8.28. The van der Waals surface area contributed by atoms with Crippen molar-refractivity contribution in [2.75, 3.05) is 5.32 Å². The number of hydrogen-bond acceptors (Lipinski definition) is 4. The summed E-state index contributed by atoms with van der Waals surface area (Å²) in [6, 6.07) is 16.9. The predicted molar refractivity (Wildman–Crippen MR) is 108 cm³/mol. The lowest BCUT2D eigenvalue weighted by molar-refractivity contribution is -0.111. The van der Waals surface area contributed by atoms with E-state index in [1.54, 1.807) is 42.5 Å². The number of nitrogens with two attached hydrogens (primary N) is 1. The summed E-state index contributed by atoms with van der Waals surface area (Å²) in [5, 5.41) is 3.26. The van der Waals surface area contributed by atoms with Crippen molar-refractivity contribution in [2.24, 2.45) is 5.73 Å². The molecule has 3 N–H and O–H groups in total. The number of carbonyl (C=O) groups is 2. The maximum atomic E-state index is 12.0. The van der Waals surface area contributed by atoms with Gasteiger partial charge in [-0.25, -0.2) is 4.98 Å². The lowest BCUT2D eigenvalue weighted by Gasteiger charge is -2.07. The Morgan fingerprint density at radius 1 is 1.07 bits per heavy atom. The fraction of sp³-hybridized carbons (Fsp3) is 0. The van der Waals surface area contributed by atoms with E-state index in [1.807, 2.05) is 18.2 Å². The fourth-order valence-electron chi connectivity index (χ4n) is 2.31. The number of aromatic nitrogens is 1. The Morgan fingerprint density at radius 3 is 2.61 bits per heavy atom. The molecule has 0 saturated heterocycles. The molecule has 140 valence electrons. The minimum absolute atomic E-state index is 0.311. The van der Waals surface area contributed by atoms with Crippen molar-refractivity contribution < 1.29 is 14.3 Å². The van der Waals surface area contributed by atoms with E-state index in [4.69, 9.17) is 22.1 Å². The first-order chi connectivity index (χ1) is 13.5. The van der Waals surface area contributed by atoms with E-state index in [2.05, 4.69) is 10.3 Å². The summed E-state index contributed by atoms with van der Waals surface area (Å²) in [7, 11) is 0. The highest BCUT2D eigenvalue weighted by molar-refractivity contribution is 6.32. The topological polar surface area (TPSA) is 94.3 Å². The Balaban J connectivity index is 1.61. The van der Waals surface area contributed by atoms with Crippen molar-refractivity contribution in [3.05, 3.63) is 89.1 Å². The molecule has 0 bridgehead atoms.